The van der Waals surface area contributed by atoms with Crippen LogP contribution in [0.25, 0.3) is 0 Å². The largest absolute Gasteiger partial charge is 0.435 e. The van der Waals surface area contributed by atoms with Crippen molar-refractivity contribution in [1.29, 1.82) is 0 Å². The number of fused-ring (bicyclic) bond motifs is 1. The van der Waals surface area contributed by atoms with E-state index in [0.717, 1.165) is 6.04 Å². The van der Waals surface area contributed by atoms with Gasteiger partial charge in [-0.05, 0) is 34.3 Å². The molecule has 3 heterocycles. The number of hydrogen-bond donors (Lipinski definition) is 1. The van der Waals surface area contributed by atoms with Gasteiger partial charge in [-0.25, -0.2) is 0 Å². The third-order valence-corrected chi connectivity index (χ3v) is 19.4. The van der Waals surface area contributed by atoms with Crippen molar-refractivity contribution in [3.05, 3.63) is 12.3 Å². The van der Waals surface area contributed by atoms with Gasteiger partial charge in [0, 0.05) is 12.1 Å². The fourth-order valence-corrected chi connectivity index (χ4v) is 18.4. The summed E-state index contributed by atoms with van der Waals surface area (Å²) in [5.74, 6) is -0.740. The maximum atomic E-state index is 12.5. The summed E-state index contributed by atoms with van der Waals surface area (Å²) in [4.78, 5) is 25.5. The van der Waals surface area contributed by atoms with Crippen LogP contribution >= 0.6 is 0 Å². The minimum atomic E-state index is -2.59. The summed E-state index contributed by atoms with van der Waals surface area (Å²) in [7, 11) is -4.98. The van der Waals surface area contributed by atoms with E-state index in [0.29, 0.717) is 17.7 Å². The molecule has 182 valence electrons. The highest BCUT2D eigenvalue weighted by Gasteiger charge is 2.60. The van der Waals surface area contributed by atoms with Crippen LogP contribution in [0.3, 0.4) is 0 Å². The summed E-state index contributed by atoms with van der Waals surface area (Å²) in [6.07, 6.45) is 0.676. The lowest BCUT2D eigenvalue weighted by Crippen LogP contribution is -2.63. The molecule has 0 radical (unpaired) electrons. The summed E-state index contributed by atoms with van der Waals surface area (Å²) >= 11 is 0. The first-order valence-corrected chi connectivity index (χ1v) is 16.3. The van der Waals surface area contributed by atoms with Crippen molar-refractivity contribution in [2.45, 2.75) is 108 Å². The minimum Gasteiger partial charge on any atom is -0.435 e. The van der Waals surface area contributed by atoms with Crippen molar-refractivity contribution in [1.82, 2.24) is 4.90 Å². The zero-order valence-corrected chi connectivity index (χ0v) is 22.8. The standard InChI is InChI=1S/C23H41NO6Si2/c1-14(2)31(15(3)4)13-19-20(12-28-32(30-31,16(5)6)17(7)8)29-23(22(19)27)24-10-9-18(25)11-21(24)26/h9-10,14-17,19-20,22-23,27H,11-13H2,1-8H3/t19-,20-,22-,23-/m1/s1. The van der Waals surface area contributed by atoms with Crippen LogP contribution in [0.15, 0.2) is 12.3 Å². The molecule has 2 fully saturated rings. The molecule has 0 aromatic rings. The van der Waals surface area contributed by atoms with Gasteiger partial charge in [-0.15, -0.1) is 0 Å². The number of carbonyl (C=O) groups excluding carboxylic acids is 2. The fraction of sp³-hybridized carbons (Fsp3) is 0.826. The van der Waals surface area contributed by atoms with Gasteiger partial charge in [0.1, 0.15) is 6.10 Å². The number of rotatable bonds is 5. The molecule has 2 saturated heterocycles. The number of aliphatic hydroxyl groups excluding tert-OH is 1. The predicted molar refractivity (Wildman–Crippen MR) is 128 cm³/mol. The highest BCUT2D eigenvalue weighted by molar-refractivity contribution is 6.87. The average molecular weight is 484 g/mol. The number of ether oxygens (including phenoxy) is 1. The molecular formula is C23H41NO6Si2. The Morgan fingerprint density at radius 3 is 2.09 bits per heavy atom. The molecule has 1 amide bonds. The smallest absolute Gasteiger partial charge is 0.333 e. The Hall–Kier alpha value is -0.846. The Bertz CT molecular complexity index is 737. The van der Waals surface area contributed by atoms with E-state index >= 15 is 0 Å². The Morgan fingerprint density at radius 2 is 1.59 bits per heavy atom. The minimum absolute atomic E-state index is 0.179. The molecule has 0 bridgehead atoms. The Balaban J connectivity index is 2.02. The number of aliphatic hydroxyl groups is 1. The quantitative estimate of drug-likeness (QED) is 0.468. The van der Waals surface area contributed by atoms with Gasteiger partial charge in [-0.3, -0.25) is 14.5 Å². The third-order valence-electron chi connectivity index (χ3n) is 7.77. The number of nitrogens with zero attached hydrogens (tertiary/aromatic N) is 1. The number of allylic oxidation sites excluding steroid dienone is 1. The molecule has 32 heavy (non-hydrogen) atoms. The van der Waals surface area contributed by atoms with E-state index in [1.165, 1.54) is 17.2 Å². The van der Waals surface area contributed by atoms with Crippen molar-refractivity contribution in [2.24, 2.45) is 5.92 Å². The van der Waals surface area contributed by atoms with E-state index in [4.69, 9.17) is 13.3 Å². The highest BCUT2D eigenvalue weighted by Crippen LogP contribution is 2.50. The van der Waals surface area contributed by atoms with Crippen LogP contribution in [0, 0.1) is 5.92 Å². The lowest BCUT2D eigenvalue weighted by Gasteiger charge is -2.52. The number of hydrogen-bond acceptors (Lipinski definition) is 6. The lowest BCUT2D eigenvalue weighted by atomic mass is 10.00. The van der Waals surface area contributed by atoms with Gasteiger partial charge in [0.15, 0.2) is 20.3 Å². The van der Waals surface area contributed by atoms with E-state index in [-0.39, 0.29) is 41.2 Å². The van der Waals surface area contributed by atoms with Crippen molar-refractivity contribution in [2.75, 3.05) is 6.61 Å². The molecule has 0 saturated carbocycles. The fourth-order valence-electron chi connectivity index (χ4n) is 5.77. The maximum absolute atomic E-state index is 12.5. The number of amides is 1. The van der Waals surface area contributed by atoms with E-state index < -0.39 is 29.2 Å². The third kappa shape index (κ3) is 4.32. The molecule has 3 aliphatic heterocycles. The zero-order valence-electron chi connectivity index (χ0n) is 20.8. The van der Waals surface area contributed by atoms with Crippen molar-refractivity contribution in [3.63, 3.8) is 0 Å². The van der Waals surface area contributed by atoms with Gasteiger partial charge in [0.05, 0.1) is 19.1 Å². The molecule has 7 nitrogen and oxygen atoms in total. The topological polar surface area (TPSA) is 85.3 Å². The zero-order chi connectivity index (χ0) is 24.0. The van der Waals surface area contributed by atoms with Crippen LogP contribution in [0.2, 0.25) is 28.2 Å². The summed E-state index contributed by atoms with van der Waals surface area (Å²) < 4.78 is 20.4. The molecule has 0 aromatic heterocycles. The maximum Gasteiger partial charge on any atom is 0.333 e. The second kappa shape index (κ2) is 9.42. The van der Waals surface area contributed by atoms with E-state index in [2.05, 4.69) is 55.4 Å². The molecular weight excluding hydrogens is 442 g/mol. The monoisotopic (exact) mass is 483 g/mol. The number of carbonyl (C=O) groups is 2. The summed E-state index contributed by atoms with van der Waals surface area (Å²) in [6, 6.07) is 0.771. The second-order valence-corrected chi connectivity index (χ2v) is 20.4. The second-order valence-electron chi connectivity index (χ2n) is 10.9. The molecule has 4 atom stereocenters. The van der Waals surface area contributed by atoms with Crippen molar-refractivity contribution in [3.8, 4) is 0 Å². The van der Waals surface area contributed by atoms with Gasteiger partial charge < -0.3 is 18.4 Å². The van der Waals surface area contributed by atoms with Crippen molar-refractivity contribution < 1.29 is 28.0 Å². The van der Waals surface area contributed by atoms with Crippen LogP contribution in [0.4, 0.5) is 0 Å². The van der Waals surface area contributed by atoms with Crippen LogP contribution < -0.4 is 0 Å². The van der Waals surface area contributed by atoms with Crippen LogP contribution in [-0.4, -0.2) is 63.6 Å². The Labute approximate surface area is 194 Å². The number of ketones is 1. The molecule has 0 unspecified atom stereocenters. The average Bonchev–Trinajstić information content (AvgIpc) is 2.96. The van der Waals surface area contributed by atoms with E-state index in [9.17, 15) is 14.7 Å². The van der Waals surface area contributed by atoms with E-state index in [1.807, 2.05) is 0 Å². The molecule has 0 aromatic carbocycles. The van der Waals surface area contributed by atoms with Crippen molar-refractivity contribution >= 4 is 28.6 Å². The van der Waals surface area contributed by atoms with Crippen LogP contribution in [0.5, 0.6) is 0 Å². The SMILES string of the molecule is CC(C)[Si]1(C(C)C)C[C@H]2[C@@H](O)[C@H](N3C=CC(=O)CC3=O)O[C@@H]2CO[Si](C(C)C)(C(C)C)O1. The van der Waals surface area contributed by atoms with Crippen LogP contribution in [-0.2, 0) is 22.9 Å². The Morgan fingerprint density at radius 1 is 1.00 bits per heavy atom. The molecule has 0 aliphatic carbocycles. The van der Waals surface area contributed by atoms with E-state index in [1.54, 1.807) is 0 Å². The molecule has 1 N–H and O–H groups in total. The van der Waals surface area contributed by atoms with Gasteiger partial charge >= 0.3 is 8.56 Å². The van der Waals surface area contributed by atoms with Crippen LogP contribution in [0.1, 0.15) is 61.8 Å². The first-order chi connectivity index (χ1) is 14.9. The predicted octanol–water partition coefficient (Wildman–Crippen LogP) is 4.08. The Kier molecular flexibility index (Phi) is 7.59. The summed E-state index contributed by atoms with van der Waals surface area (Å²) in [6.45, 7) is 18.1. The van der Waals surface area contributed by atoms with Gasteiger partial charge in [0.25, 0.3) is 0 Å². The molecule has 9 heteroatoms. The highest BCUT2D eigenvalue weighted by atomic mass is 28.4. The summed E-state index contributed by atoms with van der Waals surface area (Å²) in [5.41, 5.74) is 1.25. The first-order valence-electron chi connectivity index (χ1n) is 12.1. The van der Waals surface area contributed by atoms with Gasteiger partial charge in [-0.2, -0.15) is 0 Å². The lowest BCUT2D eigenvalue weighted by molar-refractivity contribution is -0.148. The molecule has 3 rings (SSSR count). The molecule has 0 spiro atoms. The summed E-state index contributed by atoms with van der Waals surface area (Å²) in [5, 5.41) is 11.4. The molecule has 3 aliphatic rings. The first kappa shape index (κ1) is 25.8. The van der Waals surface area contributed by atoms with Gasteiger partial charge in [0.2, 0.25) is 5.91 Å². The van der Waals surface area contributed by atoms with Gasteiger partial charge in [-0.1, -0.05) is 55.4 Å². The normalized spacial score (nSPS) is 32.7.